The number of carbonyl (C=O) groups excluding carboxylic acids is 1. The summed E-state index contributed by atoms with van der Waals surface area (Å²) in [5.41, 5.74) is 6.83. The van der Waals surface area contributed by atoms with E-state index in [2.05, 4.69) is 4.98 Å². The van der Waals surface area contributed by atoms with Gasteiger partial charge in [0.05, 0.1) is 5.69 Å². The molecule has 1 amide bonds. The number of hydrogen-bond acceptors (Lipinski definition) is 4. The number of nitrogens with two attached hydrogens (primary N) is 1. The van der Waals surface area contributed by atoms with E-state index in [9.17, 15) is 10.0 Å². The largest absolute Gasteiger partial charge is 0.710 e. The van der Waals surface area contributed by atoms with Gasteiger partial charge in [-0.3, -0.25) is 10.5 Å². The van der Waals surface area contributed by atoms with Gasteiger partial charge in [0.2, 0.25) is 5.91 Å². The first-order valence-electron chi connectivity index (χ1n) is 5.21. The van der Waals surface area contributed by atoms with Crippen molar-refractivity contribution in [1.82, 2.24) is 9.88 Å². The second-order valence-electron chi connectivity index (χ2n) is 3.88. The van der Waals surface area contributed by atoms with Crippen LogP contribution in [0.4, 0.5) is 5.82 Å². The molecule has 1 aliphatic rings. The normalized spacial score (nSPS) is 15.4. The van der Waals surface area contributed by atoms with Crippen LogP contribution in [0.5, 0.6) is 0 Å². The number of hydrogen-bond donors (Lipinski definition) is 1. The molecule has 1 aromatic heterocycles. The summed E-state index contributed by atoms with van der Waals surface area (Å²) in [5, 5.41) is 11.7. The number of nitrogens with zero attached hydrogens (tertiary/aromatic N) is 3. The van der Waals surface area contributed by atoms with Gasteiger partial charge in [-0.2, -0.15) is 0 Å². The van der Waals surface area contributed by atoms with Crippen LogP contribution < -0.4 is 10.5 Å². The van der Waals surface area contributed by atoms with Gasteiger partial charge in [-0.25, -0.2) is 9.71 Å². The predicted octanol–water partition coefficient (Wildman–Crippen LogP) is -0.756. The average molecular weight is 222 g/mol. The van der Waals surface area contributed by atoms with Crippen LogP contribution >= 0.6 is 0 Å². The van der Waals surface area contributed by atoms with E-state index in [4.69, 9.17) is 5.73 Å². The first-order chi connectivity index (χ1) is 7.59. The molecule has 0 saturated carbocycles. The zero-order valence-corrected chi connectivity index (χ0v) is 9.14. The molecule has 1 aliphatic heterocycles. The van der Waals surface area contributed by atoms with Crippen molar-refractivity contribution >= 4 is 11.7 Å². The quantitative estimate of drug-likeness (QED) is 0.462. The molecule has 0 atom stereocenters. The van der Waals surface area contributed by atoms with Gasteiger partial charge in [0.25, 0.3) is 5.82 Å². The minimum atomic E-state index is 0.0261. The highest BCUT2D eigenvalue weighted by atomic mass is 16.5. The average Bonchev–Trinajstić information content (AvgIpc) is 2.46. The molecule has 2 N–H and O–H groups in total. The summed E-state index contributed by atoms with van der Waals surface area (Å²) in [5.74, 6) is 0.133. The molecule has 16 heavy (non-hydrogen) atoms. The van der Waals surface area contributed by atoms with Crippen LogP contribution in [0.1, 0.15) is 18.3 Å². The molecule has 0 spiro atoms. The predicted molar refractivity (Wildman–Crippen MR) is 57.3 cm³/mol. The van der Waals surface area contributed by atoms with Gasteiger partial charge < -0.3 is 10.1 Å². The van der Waals surface area contributed by atoms with Gasteiger partial charge >= 0.3 is 0 Å². The number of aromatic nitrogens is 2. The van der Waals surface area contributed by atoms with E-state index >= 15 is 0 Å². The van der Waals surface area contributed by atoms with Crippen LogP contribution in [0.3, 0.4) is 0 Å². The van der Waals surface area contributed by atoms with E-state index in [-0.39, 0.29) is 11.7 Å². The van der Waals surface area contributed by atoms with Gasteiger partial charge in [-0.1, -0.05) is 0 Å². The molecule has 86 valence electrons. The second-order valence-corrected chi connectivity index (χ2v) is 3.88. The lowest BCUT2D eigenvalue weighted by Crippen LogP contribution is -2.38. The Balaban J connectivity index is 2.31. The van der Waals surface area contributed by atoms with Crippen LogP contribution in [0, 0.1) is 5.21 Å². The summed E-state index contributed by atoms with van der Waals surface area (Å²) in [6, 6.07) is 0. The van der Waals surface area contributed by atoms with E-state index in [1.54, 1.807) is 4.90 Å². The standard InChI is InChI=1S/C10H14N4O2/c1-7(15)13-4-2-8-9(3-5-13)14(16)10(11)6-12-8/h6H,2-5,11H2,1H3. The zero-order chi connectivity index (χ0) is 11.7. The van der Waals surface area contributed by atoms with Crippen LogP contribution in [-0.2, 0) is 17.6 Å². The van der Waals surface area contributed by atoms with Gasteiger partial charge in [0.1, 0.15) is 11.9 Å². The fourth-order valence-corrected chi connectivity index (χ4v) is 1.91. The van der Waals surface area contributed by atoms with Gasteiger partial charge in [-0.05, 0) is 0 Å². The molecule has 6 heteroatoms. The van der Waals surface area contributed by atoms with E-state index < -0.39 is 0 Å². The van der Waals surface area contributed by atoms with E-state index in [0.717, 1.165) is 5.69 Å². The van der Waals surface area contributed by atoms with Crippen molar-refractivity contribution in [3.05, 3.63) is 22.8 Å². The monoisotopic (exact) mass is 222 g/mol. The highest BCUT2D eigenvalue weighted by Crippen LogP contribution is 2.11. The van der Waals surface area contributed by atoms with Gasteiger partial charge in [-0.15, -0.1) is 0 Å². The lowest BCUT2D eigenvalue weighted by atomic mass is 10.2. The molecule has 6 nitrogen and oxygen atoms in total. The summed E-state index contributed by atoms with van der Waals surface area (Å²) in [4.78, 5) is 17.1. The Labute approximate surface area is 93.3 Å². The van der Waals surface area contributed by atoms with Crippen molar-refractivity contribution in [1.29, 1.82) is 0 Å². The smallest absolute Gasteiger partial charge is 0.294 e. The third kappa shape index (κ3) is 1.78. The third-order valence-corrected chi connectivity index (χ3v) is 2.85. The van der Waals surface area contributed by atoms with Crippen molar-refractivity contribution in [3.63, 3.8) is 0 Å². The van der Waals surface area contributed by atoms with E-state index in [0.29, 0.717) is 36.4 Å². The molecule has 0 bridgehead atoms. The molecule has 1 aromatic rings. The second kappa shape index (κ2) is 3.96. The van der Waals surface area contributed by atoms with E-state index in [1.807, 2.05) is 0 Å². The highest BCUT2D eigenvalue weighted by molar-refractivity contribution is 5.73. The lowest BCUT2D eigenvalue weighted by Gasteiger charge is -2.17. The molecule has 0 aromatic carbocycles. The van der Waals surface area contributed by atoms with Gasteiger partial charge in [0.15, 0.2) is 0 Å². The summed E-state index contributed by atoms with van der Waals surface area (Å²) >= 11 is 0. The zero-order valence-electron chi connectivity index (χ0n) is 9.14. The molecular weight excluding hydrogens is 208 g/mol. The van der Waals surface area contributed by atoms with Crippen LogP contribution in [0.2, 0.25) is 0 Å². The van der Waals surface area contributed by atoms with Gasteiger partial charge in [0, 0.05) is 32.9 Å². The summed E-state index contributed by atoms with van der Waals surface area (Å²) in [7, 11) is 0. The number of carbonyl (C=O) groups is 1. The van der Waals surface area contributed by atoms with Crippen LogP contribution in [-0.4, -0.2) is 28.9 Å². The molecule has 2 heterocycles. The molecular formula is C10H14N4O2. The summed E-state index contributed by atoms with van der Waals surface area (Å²) < 4.78 is 0.714. The molecule has 0 unspecified atom stereocenters. The Kier molecular flexibility index (Phi) is 2.64. The number of anilines is 1. The van der Waals surface area contributed by atoms with Crippen LogP contribution in [0.15, 0.2) is 6.20 Å². The fraction of sp³-hybridized carbons (Fsp3) is 0.500. The summed E-state index contributed by atoms with van der Waals surface area (Å²) in [6.45, 7) is 2.69. The Bertz CT molecular complexity index is 433. The topological polar surface area (TPSA) is 86.2 Å². The molecule has 2 rings (SSSR count). The Hall–Kier alpha value is -1.85. The molecule has 0 fully saturated rings. The highest BCUT2D eigenvalue weighted by Gasteiger charge is 2.20. The molecule has 0 aliphatic carbocycles. The number of rotatable bonds is 0. The minimum Gasteiger partial charge on any atom is -0.710 e. The Morgan fingerprint density at radius 1 is 1.56 bits per heavy atom. The van der Waals surface area contributed by atoms with Crippen molar-refractivity contribution in [2.24, 2.45) is 0 Å². The maximum absolute atomic E-state index is 11.7. The van der Waals surface area contributed by atoms with Crippen molar-refractivity contribution in [2.45, 2.75) is 19.8 Å². The maximum Gasteiger partial charge on any atom is 0.294 e. The van der Waals surface area contributed by atoms with Crippen molar-refractivity contribution < 1.29 is 9.52 Å². The van der Waals surface area contributed by atoms with E-state index in [1.165, 1.54) is 13.1 Å². The van der Waals surface area contributed by atoms with Crippen LogP contribution in [0.25, 0.3) is 0 Å². The Morgan fingerprint density at radius 2 is 2.25 bits per heavy atom. The Morgan fingerprint density at radius 3 is 2.94 bits per heavy atom. The molecule has 0 saturated heterocycles. The molecule has 0 radical (unpaired) electrons. The number of nitrogen functional groups attached to an aromatic ring is 1. The lowest BCUT2D eigenvalue weighted by molar-refractivity contribution is -0.599. The number of fused-ring (bicyclic) bond motifs is 1. The summed E-state index contributed by atoms with van der Waals surface area (Å²) in [6.07, 6.45) is 2.49. The SMILES string of the molecule is CC(=O)N1CCc2ncc(N)[n+]([O-])c2CC1. The van der Waals surface area contributed by atoms with Crippen molar-refractivity contribution in [3.8, 4) is 0 Å². The number of amides is 1. The first kappa shape index (κ1) is 10.7. The third-order valence-electron chi connectivity index (χ3n) is 2.85. The first-order valence-corrected chi connectivity index (χ1v) is 5.21. The minimum absolute atomic E-state index is 0.0261. The maximum atomic E-state index is 11.7. The van der Waals surface area contributed by atoms with Crippen molar-refractivity contribution in [2.75, 3.05) is 18.8 Å². The fourth-order valence-electron chi connectivity index (χ4n) is 1.91.